The molecule has 114 valence electrons. The number of aromatic nitrogens is 2. The van der Waals surface area contributed by atoms with Crippen LogP contribution in [0.3, 0.4) is 0 Å². The second-order valence-electron chi connectivity index (χ2n) is 5.18. The van der Waals surface area contributed by atoms with Crippen LogP contribution in [0.1, 0.15) is 44.1 Å². The molecule has 1 heterocycles. The lowest BCUT2D eigenvalue weighted by molar-refractivity contribution is 0.413. The van der Waals surface area contributed by atoms with Gasteiger partial charge in [-0.05, 0) is 54.0 Å². The molecular weight excluding hydrogens is 330 g/mol. The Labute approximate surface area is 134 Å². The van der Waals surface area contributed by atoms with Gasteiger partial charge < -0.3 is 10.1 Å². The Hall–Kier alpha value is -1.33. The predicted octanol–water partition coefficient (Wildman–Crippen LogP) is 3.93. The van der Waals surface area contributed by atoms with Crippen molar-refractivity contribution in [1.29, 1.82) is 0 Å². The number of halogens is 1. The largest absolute Gasteiger partial charge is 0.497 e. The first-order valence-electron chi connectivity index (χ1n) is 7.18. The van der Waals surface area contributed by atoms with Crippen molar-refractivity contribution < 1.29 is 4.74 Å². The molecule has 2 rings (SSSR count). The lowest BCUT2D eigenvalue weighted by atomic mass is 10.0. The van der Waals surface area contributed by atoms with Crippen molar-refractivity contribution in [2.45, 2.75) is 32.9 Å². The summed E-state index contributed by atoms with van der Waals surface area (Å²) in [6.45, 7) is 7.25. The summed E-state index contributed by atoms with van der Waals surface area (Å²) < 4.78 is 8.42. The Bertz CT molecular complexity index is 595. The summed E-state index contributed by atoms with van der Waals surface area (Å²) in [4.78, 5) is 0. The smallest absolute Gasteiger partial charge is 0.119 e. The molecule has 2 aromatic rings. The average molecular weight is 352 g/mol. The van der Waals surface area contributed by atoms with Crippen LogP contribution >= 0.6 is 15.9 Å². The molecule has 1 atom stereocenters. The van der Waals surface area contributed by atoms with Gasteiger partial charge in [-0.25, -0.2) is 0 Å². The van der Waals surface area contributed by atoms with E-state index in [1.165, 1.54) is 5.56 Å². The van der Waals surface area contributed by atoms with Crippen LogP contribution in [0.15, 0.2) is 34.9 Å². The molecule has 4 nitrogen and oxygen atoms in total. The molecule has 0 aliphatic rings. The van der Waals surface area contributed by atoms with Crippen LogP contribution in [0.2, 0.25) is 0 Å². The second kappa shape index (κ2) is 7.09. The van der Waals surface area contributed by atoms with Gasteiger partial charge in [0, 0.05) is 6.04 Å². The number of nitrogens with one attached hydrogen (secondary N) is 1. The predicted molar refractivity (Wildman–Crippen MR) is 88.8 cm³/mol. The Morgan fingerprint density at radius 1 is 1.38 bits per heavy atom. The molecule has 0 spiro atoms. The van der Waals surface area contributed by atoms with Crippen LogP contribution in [0.4, 0.5) is 0 Å². The standard InChI is InChI=1S/C16H22BrN3O/c1-5-18-15(12-7-6-8-13(9-12)21-4)16-14(17)10-19-20(16)11(2)3/h6-11,15,18H,5H2,1-4H3. The number of methoxy groups -OCH3 is 1. The van der Waals surface area contributed by atoms with Gasteiger partial charge in [-0.3, -0.25) is 4.68 Å². The van der Waals surface area contributed by atoms with E-state index in [9.17, 15) is 0 Å². The molecule has 0 saturated heterocycles. The summed E-state index contributed by atoms with van der Waals surface area (Å²) >= 11 is 3.63. The van der Waals surface area contributed by atoms with Gasteiger partial charge in [-0.1, -0.05) is 19.1 Å². The van der Waals surface area contributed by atoms with Crippen molar-refractivity contribution in [3.63, 3.8) is 0 Å². The van der Waals surface area contributed by atoms with Crippen LogP contribution in [-0.2, 0) is 0 Å². The highest BCUT2D eigenvalue weighted by Gasteiger charge is 2.22. The van der Waals surface area contributed by atoms with Crippen LogP contribution < -0.4 is 10.1 Å². The maximum absolute atomic E-state index is 5.35. The quantitative estimate of drug-likeness (QED) is 0.856. The molecule has 21 heavy (non-hydrogen) atoms. The van der Waals surface area contributed by atoms with Gasteiger partial charge in [-0.15, -0.1) is 0 Å². The van der Waals surface area contributed by atoms with Gasteiger partial charge in [0.1, 0.15) is 5.75 Å². The van der Waals surface area contributed by atoms with E-state index in [1.54, 1.807) is 7.11 Å². The van der Waals surface area contributed by atoms with Crippen LogP contribution in [0.25, 0.3) is 0 Å². The van der Waals surface area contributed by atoms with Gasteiger partial charge in [0.05, 0.1) is 29.5 Å². The first-order chi connectivity index (χ1) is 10.1. The summed E-state index contributed by atoms with van der Waals surface area (Å²) in [7, 11) is 1.69. The minimum atomic E-state index is 0.0735. The van der Waals surface area contributed by atoms with E-state index in [0.717, 1.165) is 22.5 Å². The molecule has 0 fully saturated rings. The molecule has 1 aromatic carbocycles. The number of ether oxygens (including phenoxy) is 1. The Balaban J connectivity index is 2.50. The summed E-state index contributed by atoms with van der Waals surface area (Å²) in [5.41, 5.74) is 2.31. The van der Waals surface area contributed by atoms with Crippen molar-refractivity contribution in [3.05, 3.63) is 46.2 Å². The van der Waals surface area contributed by atoms with Crippen molar-refractivity contribution in [2.24, 2.45) is 0 Å². The topological polar surface area (TPSA) is 39.1 Å². The fourth-order valence-electron chi connectivity index (χ4n) is 2.43. The van der Waals surface area contributed by atoms with Crippen LogP contribution in [0, 0.1) is 0 Å². The molecule has 0 aliphatic carbocycles. The van der Waals surface area contributed by atoms with Crippen molar-refractivity contribution in [1.82, 2.24) is 15.1 Å². The Morgan fingerprint density at radius 3 is 2.76 bits per heavy atom. The zero-order valence-corrected chi connectivity index (χ0v) is 14.5. The highest BCUT2D eigenvalue weighted by molar-refractivity contribution is 9.10. The lowest BCUT2D eigenvalue weighted by Gasteiger charge is -2.22. The molecule has 1 aromatic heterocycles. The zero-order valence-electron chi connectivity index (χ0n) is 12.9. The fraction of sp³-hybridized carbons (Fsp3) is 0.438. The number of rotatable bonds is 6. The van der Waals surface area contributed by atoms with Gasteiger partial charge in [0.15, 0.2) is 0 Å². The Morgan fingerprint density at radius 2 is 2.14 bits per heavy atom. The van der Waals surface area contributed by atoms with E-state index in [0.29, 0.717) is 6.04 Å². The molecule has 1 unspecified atom stereocenters. The first-order valence-corrected chi connectivity index (χ1v) is 7.98. The van der Waals surface area contributed by atoms with E-state index in [1.807, 2.05) is 18.3 Å². The molecule has 1 N–H and O–H groups in total. The molecule has 0 bridgehead atoms. The zero-order chi connectivity index (χ0) is 15.4. The highest BCUT2D eigenvalue weighted by Crippen LogP contribution is 2.31. The van der Waals surface area contributed by atoms with Crippen LogP contribution in [-0.4, -0.2) is 23.4 Å². The Kier molecular flexibility index (Phi) is 5.42. The highest BCUT2D eigenvalue weighted by atomic mass is 79.9. The summed E-state index contributed by atoms with van der Waals surface area (Å²) in [6.07, 6.45) is 1.86. The van der Waals surface area contributed by atoms with Gasteiger partial charge >= 0.3 is 0 Å². The molecule has 0 radical (unpaired) electrons. The maximum atomic E-state index is 5.35. The van der Waals surface area contributed by atoms with Gasteiger partial charge in [0.25, 0.3) is 0 Å². The third-order valence-electron chi connectivity index (χ3n) is 3.38. The number of hydrogen-bond acceptors (Lipinski definition) is 3. The number of nitrogens with zero attached hydrogens (tertiary/aromatic N) is 2. The molecular formula is C16H22BrN3O. The molecule has 0 aliphatic heterocycles. The molecule has 0 saturated carbocycles. The maximum Gasteiger partial charge on any atom is 0.119 e. The van der Waals surface area contributed by atoms with Gasteiger partial charge in [0.2, 0.25) is 0 Å². The summed E-state index contributed by atoms with van der Waals surface area (Å²) in [5.74, 6) is 0.863. The van der Waals surface area contributed by atoms with Crippen molar-refractivity contribution >= 4 is 15.9 Å². The van der Waals surface area contributed by atoms with Crippen LogP contribution in [0.5, 0.6) is 5.75 Å². The average Bonchev–Trinajstić information content (AvgIpc) is 2.86. The van der Waals surface area contributed by atoms with E-state index in [-0.39, 0.29) is 6.04 Å². The van der Waals surface area contributed by atoms with Gasteiger partial charge in [-0.2, -0.15) is 5.10 Å². The minimum absolute atomic E-state index is 0.0735. The SMILES string of the molecule is CCNC(c1cccc(OC)c1)c1c(Br)cnn1C(C)C. The molecule has 0 amide bonds. The fourth-order valence-corrected chi connectivity index (χ4v) is 2.93. The van der Waals surface area contributed by atoms with E-state index in [4.69, 9.17) is 4.74 Å². The van der Waals surface area contributed by atoms with Crippen molar-refractivity contribution in [3.8, 4) is 5.75 Å². The van der Waals surface area contributed by atoms with E-state index < -0.39 is 0 Å². The summed E-state index contributed by atoms with van der Waals surface area (Å²) in [6, 6.07) is 8.53. The number of benzene rings is 1. The third-order valence-corrected chi connectivity index (χ3v) is 4.00. The normalized spacial score (nSPS) is 12.7. The summed E-state index contributed by atoms with van der Waals surface area (Å²) in [5, 5.41) is 8.03. The lowest BCUT2D eigenvalue weighted by Crippen LogP contribution is -2.26. The second-order valence-corrected chi connectivity index (χ2v) is 6.04. The number of hydrogen-bond donors (Lipinski definition) is 1. The minimum Gasteiger partial charge on any atom is -0.497 e. The monoisotopic (exact) mass is 351 g/mol. The third kappa shape index (κ3) is 3.47. The van der Waals surface area contributed by atoms with E-state index >= 15 is 0 Å². The van der Waals surface area contributed by atoms with Crippen molar-refractivity contribution in [2.75, 3.05) is 13.7 Å². The van der Waals surface area contributed by atoms with E-state index in [2.05, 4.69) is 63.9 Å². The molecule has 5 heteroatoms. The first kappa shape index (κ1) is 16.0.